The van der Waals surface area contributed by atoms with E-state index in [0.717, 1.165) is 22.3 Å². The Balaban J connectivity index is 1.22. The monoisotopic (exact) mass is 670 g/mol. The SMILES string of the molecule is Oc1cc(OCc2ccccc2)cc(OCc2ccccc2)c1[13CH2][C@@H](O)[13C@@H](O)c1ccc(OCc2ccccc2)c(OCc2ccccc2)c1. The van der Waals surface area contributed by atoms with Crippen LogP contribution >= 0.6 is 0 Å². The van der Waals surface area contributed by atoms with E-state index in [1.54, 1.807) is 24.3 Å². The highest BCUT2D eigenvalue weighted by atomic mass is 16.5. The van der Waals surface area contributed by atoms with Gasteiger partial charge in [-0.05, 0) is 39.9 Å². The van der Waals surface area contributed by atoms with Crippen molar-refractivity contribution in [3.05, 3.63) is 185 Å². The first-order chi connectivity index (χ1) is 24.5. The Morgan fingerprint density at radius 2 is 0.880 bits per heavy atom. The molecule has 2 atom stereocenters. The molecule has 0 heterocycles. The van der Waals surface area contributed by atoms with E-state index in [4.69, 9.17) is 18.9 Å². The second kappa shape index (κ2) is 17.1. The number of aliphatic hydroxyl groups is 2. The Bertz CT molecular complexity index is 1920. The predicted molar refractivity (Wildman–Crippen MR) is 192 cm³/mol. The molecular weight excluding hydrogens is 630 g/mol. The molecule has 0 bridgehead atoms. The molecular formula is C43H40O7. The van der Waals surface area contributed by atoms with Crippen LogP contribution in [0.5, 0.6) is 28.7 Å². The van der Waals surface area contributed by atoms with Gasteiger partial charge in [0, 0.05) is 24.1 Å². The molecule has 0 aliphatic carbocycles. The van der Waals surface area contributed by atoms with Gasteiger partial charge in [-0.3, -0.25) is 0 Å². The van der Waals surface area contributed by atoms with Gasteiger partial charge in [0.05, 0.1) is 6.10 Å². The van der Waals surface area contributed by atoms with E-state index < -0.39 is 12.2 Å². The van der Waals surface area contributed by atoms with Gasteiger partial charge >= 0.3 is 0 Å². The molecule has 6 rings (SSSR count). The summed E-state index contributed by atoms with van der Waals surface area (Å²) < 4.78 is 24.5. The number of aliphatic hydroxyl groups excluding tert-OH is 2. The standard InChI is InChI=1S/C43H40O7/c44-38-24-36(47-27-31-13-5-1-6-14-31)25-41(49-29-33-17-9-3-10-18-33)37(38)26-39(45)43(46)35-21-22-40(48-28-32-15-7-2-8-16-32)42(23-35)50-30-34-19-11-4-12-20-34/h1-25,39,43-46H,26-30H2/t39-,43+/m1/s1/i26+1,43+1. The van der Waals surface area contributed by atoms with Crippen molar-refractivity contribution >= 4 is 0 Å². The quantitative estimate of drug-likeness (QED) is 0.0891. The number of aromatic hydroxyl groups is 1. The minimum absolute atomic E-state index is 0.0947. The fraction of sp³-hybridized carbons (Fsp3) is 0.163. The fourth-order valence-electron chi connectivity index (χ4n) is 5.45. The molecule has 0 saturated heterocycles. The van der Waals surface area contributed by atoms with Crippen molar-refractivity contribution in [2.24, 2.45) is 0 Å². The molecule has 0 amide bonds. The molecule has 7 nitrogen and oxygen atoms in total. The second-order valence-corrected chi connectivity index (χ2v) is 11.9. The van der Waals surface area contributed by atoms with Gasteiger partial charge in [-0.25, -0.2) is 0 Å². The first-order valence-corrected chi connectivity index (χ1v) is 16.5. The van der Waals surface area contributed by atoms with Crippen molar-refractivity contribution in [3.63, 3.8) is 0 Å². The first kappa shape index (κ1) is 34.1. The lowest BCUT2D eigenvalue weighted by molar-refractivity contribution is 0.0180. The molecule has 6 aromatic carbocycles. The zero-order valence-corrected chi connectivity index (χ0v) is 27.6. The van der Waals surface area contributed by atoms with Crippen LogP contribution in [0.25, 0.3) is 0 Å². The molecule has 6 aromatic rings. The summed E-state index contributed by atoms with van der Waals surface area (Å²) in [6.07, 6.45) is -2.70. The van der Waals surface area contributed by atoms with Crippen LogP contribution < -0.4 is 18.9 Å². The Labute approximate surface area is 292 Å². The Morgan fingerprint density at radius 1 is 0.440 bits per heavy atom. The van der Waals surface area contributed by atoms with Crippen molar-refractivity contribution in [2.45, 2.75) is 45.1 Å². The van der Waals surface area contributed by atoms with Gasteiger partial charge in [-0.2, -0.15) is 0 Å². The van der Waals surface area contributed by atoms with Crippen molar-refractivity contribution in [1.29, 1.82) is 0 Å². The predicted octanol–water partition coefficient (Wildman–Crippen LogP) is 8.35. The maximum atomic E-state index is 11.4. The minimum Gasteiger partial charge on any atom is -0.507 e. The average molecular weight is 671 g/mol. The zero-order valence-electron chi connectivity index (χ0n) is 27.6. The summed E-state index contributed by atoms with van der Waals surface area (Å²) in [7, 11) is 0. The van der Waals surface area contributed by atoms with Crippen LogP contribution in [-0.2, 0) is 32.8 Å². The molecule has 0 spiro atoms. The minimum atomic E-state index is -1.31. The molecule has 254 valence electrons. The van der Waals surface area contributed by atoms with Crippen LogP contribution in [0.4, 0.5) is 0 Å². The van der Waals surface area contributed by atoms with E-state index in [2.05, 4.69) is 0 Å². The third kappa shape index (κ3) is 9.44. The number of rotatable bonds is 16. The number of ether oxygens (including phenoxy) is 4. The highest BCUT2D eigenvalue weighted by Gasteiger charge is 2.25. The van der Waals surface area contributed by atoms with Gasteiger partial charge < -0.3 is 34.3 Å². The van der Waals surface area contributed by atoms with Crippen LogP contribution in [0.3, 0.4) is 0 Å². The summed E-state index contributed by atoms with van der Waals surface area (Å²) in [5.41, 5.74) is 4.67. The van der Waals surface area contributed by atoms with Gasteiger partial charge in [-0.15, -0.1) is 0 Å². The van der Waals surface area contributed by atoms with Gasteiger partial charge in [-0.1, -0.05) is 127 Å². The average Bonchev–Trinajstić information content (AvgIpc) is 3.17. The molecule has 0 saturated carbocycles. The number of phenolic OH excluding ortho intramolecular Hbond substituents is 1. The summed E-state index contributed by atoms with van der Waals surface area (Å²) in [5, 5.41) is 34.0. The maximum Gasteiger partial charge on any atom is 0.162 e. The van der Waals surface area contributed by atoms with Crippen LogP contribution in [-0.4, -0.2) is 21.4 Å². The number of phenols is 1. The molecule has 0 radical (unpaired) electrons. The van der Waals surface area contributed by atoms with Gasteiger partial charge in [0.25, 0.3) is 0 Å². The van der Waals surface area contributed by atoms with E-state index >= 15 is 0 Å². The number of hydrogen-bond donors (Lipinski definition) is 3. The molecule has 7 heteroatoms. The van der Waals surface area contributed by atoms with Crippen LogP contribution in [0, 0.1) is 0 Å². The number of hydrogen-bond acceptors (Lipinski definition) is 7. The van der Waals surface area contributed by atoms with E-state index in [0.29, 0.717) is 53.9 Å². The van der Waals surface area contributed by atoms with Crippen molar-refractivity contribution in [3.8, 4) is 28.7 Å². The van der Waals surface area contributed by atoms with Crippen LogP contribution in [0.15, 0.2) is 152 Å². The third-order valence-corrected chi connectivity index (χ3v) is 8.21. The Morgan fingerprint density at radius 3 is 1.38 bits per heavy atom. The smallest absolute Gasteiger partial charge is 0.162 e. The lowest BCUT2D eigenvalue weighted by Crippen LogP contribution is -2.21. The summed E-state index contributed by atoms with van der Waals surface area (Å²) in [4.78, 5) is 0. The molecule has 0 aliphatic rings. The van der Waals surface area contributed by atoms with E-state index in [1.165, 1.54) is 6.07 Å². The van der Waals surface area contributed by atoms with Crippen molar-refractivity contribution in [1.82, 2.24) is 0 Å². The molecule has 0 fully saturated rings. The van der Waals surface area contributed by atoms with Crippen molar-refractivity contribution < 1.29 is 34.3 Å². The van der Waals surface area contributed by atoms with E-state index in [9.17, 15) is 15.3 Å². The number of benzene rings is 6. The topological polar surface area (TPSA) is 97.6 Å². The highest BCUT2D eigenvalue weighted by Crippen LogP contribution is 2.38. The molecule has 3 N–H and O–H groups in total. The molecule has 0 unspecified atom stereocenters. The van der Waals surface area contributed by atoms with Gasteiger partial charge in [0.15, 0.2) is 11.5 Å². The lowest BCUT2D eigenvalue weighted by atomic mass is 10.1. The van der Waals surface area contributed by atoms with Gasteiger partial charge in [0.1, 0.15) is 49.8 Å². The largest absolute Gasteiger partial charge is 0.507 e. The Hall–Kier alpha value is -5.76. The fourth-order valence-corrected chi connectivity index (χ4v) is 5.45. The summed E-state index contributed by atoms with van der Waals surface area (Å²) in [5.74, 6) is 1.60. The first-order valence-electron chi connectivity index (χ1n) is 16.5. The van der Waals surface area contributed by atoms with Gasteiger partial charge in [0.2, 0.25) is 0 Å². The summed E-state index contributed by atoms with van der Waals surface area (Å²) >= 11 is 0. The maximum absolute atomic E-state index is 11.4. The molecule has 0 aromatic heterocycles. The van der Waals surface area contributed by atoms with Crippen LogP contribution in [0.2, 0.25) is 0 Å². The third-order valence-electron chi connectivity index (χ3n) is 8.21. The van der Waals surface area contributed by atoms with E-state index in [-0.39, 0.29) is 18.8 Å². The Kier molecular flexibility index (Phi) is 11.6. The second-order valence-electron chi connectivity index (χ2n) is 11.9. The summed E-state index contributed by atoms with van der Waals surface area (Å²) in [6, 6.07) is 47.3. The molecule has 50 heavy (non-hydrogen) atoms. The van der Waals surface area contributed by atoms with E-state index in [1.807, 2.05) is 121 Å². The summed E-state index contributed by atoms with van der Waals surface area (Å²) in [6.45, 7) is 1.17. The van der Waals surface area contributed by atoms with Crippen LogP contribution in [0.1, 0.15) is 39.5 Å². The normalized spacial score (nSPS) is 12.1. The molecule has 0 aliphatic heterocycles. The highest BCUT2D eigenvalue weighted by molar-refractivity contribution is 5.51. The zero-order chi connectivity index (χ0) is 34.5. The lowest BCUT2D eigenvalue weighted by Gasteiger charge is -2.22. The van der Waals surface area contributed by atoms with Crippen molar-refractivity contribution in [2.75, 3.05) is 0 Å².